The Bertz CT molecular complexity index is 731. The molecule has 31 heavy (non-hydrogen) atoms. The number of ether oxygens (including phenoxy) is 3. The highest BCUT2D eigenvalue weighted by Gasteiger charge is 2.28. The molecule has 1 aliphatic rings. The Labute approximate surface area is 184 Å². The van der Waals surface area contributed by atoms with Crippen molar-refractivity contribution in [3.8, 4) is 11.5 Å². The molecule has 0 radical (unpaired) electrons. The number of piperidine rings is 1. The van der Waals surface area contributed by atoms with Crippen LogP contribution in [0.4, 0.5) is 0 Å². The van der Waals surface area contributed by atoms with Gasteiger partial charge >= 0.3 is 5.97 Å². The molecule has 1 aromatic rings. The zero-order valence-corrected chi connectivity index (χ0v) is 18.8. The number of benzene rings is 1. The zero-order valence-electron chi connectivity index (χ0n) is 18.8. The Morgan fingerprint density at radius 1 is 1.03 bits per heavy atom. The van der Waals surface area contributed by atoms with Crippen LogP contribution in [0, 0.1) is 5.92 Å². The van der Waals surface area contributed by atoms with Crippen LogP contribution in [0.5, 0.6) is 11.5 Å². The van der Waals surface area contributed by atoms with Crippen molar-refractivity contribution in [3.63, 3.8) is 0 Å². The molecule has 2 amide bonds. The lowest BCUT2D eigenvalue weighted by atomic mass is 9.97. The number of amides is 2. The number of rotatable bonds is 11. The van der Waals surface area contributed by atoms with Gasteiger partial charge in [0.2, 0.25) is 11.8 Å². The van der Waals surface area contributed by atoms with Gasteiger partial charge in [0.25, 0.3) is 0 Å². The first-order chi connectivity index (χ1) is 15.0. The number of nitrogens with zero attached hydrogens (tertiary/aromatic N) is 2. The Hall–Kier alpha value is -2.77. The number of esters is 1. The monoisotopic (exact) mass is 434 g/mol. The van der Waals surface area contributed by atoms with Crippen LogP contribution in [0.15, 0.2) is 24.3 Å². The molecule has 0 bridgehead atoms. The van der Waals surface area contributed by atoms with Crippen LogP contribution in [0.25, 0.3) is 0 Å². The van der Waals surface area contributed by atoms with Gasteiger partial charge in [-0.05, 0) is 45.2 Å². The fraction of sp³-hybridized carbons (Fsp3) is 0.609. The van der Waals surface area contributed by atoms with Gasteiger partial charge in [-0.3, -0.25) is 14.4 Å². The van der Waals surface area contributed by atoms with Crippen molar-refractivity contribution in [1.82, 2.24) is 9.80 Å². The molecule has 8 nitrogen and oxygen atoms in total. The molecule has 8 heteroatoms. The maximum atomic E-state index is 12.5. The summed E-state index contributed by atoms with van der Waals surface area (Å²) >= 11 is 0. The van der Waals surface area contributed by atoms with Crippen LogP contribution in [-0.2, 0) is 19.1 Å². The normalized spacial score (nSPS) is 14.1. The molecule has 0 unspecified atom stereocenters. The van der Waals surface area contributed by atoms with E-state index in [1.165, 1.54) is 4.90 Å². The van der Waals surface area contributed by atoms with Crippen molar-refractivity contribution in [1.29, 1.82) is 0 Å². The molecule has 0 aliphatic carbocycles. The minimum Gasteiger partial charge on any atom is -0.490 e. The fourth-order valence-electron chi connectivity index (χ4n) is 3.46. The van der Waals surface area contributed by atoms with Crippen molar-refractivity contribution in [2.24, 2.45) is 5.92 Å². The number of likely N-dealkylation sites (tertiary alicyclic amines) is 1. The van der Waals surface area contributed by atoms with Gasteiger partial charge in [0.1, 0.15) is 0 Å². The van der Waals surface area contributed by atoms with Gasteiger partial charge in [-0.2, -0.15) is 0 Å². The number of carbonyl (C=O) groups excluding carboxylic acids is 3. The van der Waals surface area contributed by atoms with Crippen LogP contribution in [0.3, 0.4) is 0 Å². The molecule has 0 N–H and O–H groups in total. The molecular weight excluding hydrogens is 400 g/mol. The largest absolute Gasteiger partial charge is 0.490 e. The summed E-state index contributed by atoms with van der Waals surface area (Å²) in [6.45, 7) is 6.07. The predicted molar refractivity (Wildman–Crippen MR) is 116 cm³/mol. The summed E-state index contributed by atoms with van der Waals surface area (Å²) in [4.78, 5) is 39.9. The summed E-state index contributed by atoms with van der Waals surface area (Å²) < 4.78 is 16.3. The average molecular weight is 435 g/mol. The van der Waals surface area contributed by atoms with Crippen LogP contribution in [0.2, 0.25) is 0 Å². The lowest BCUT2D eigenvalue weighted by Gasteiger charge is -2.32. The fourth-order valence-corrected chi connectivity index (χ4v) is 3.46. The van der Waals surface area contributed by atoms with Gasteiger partial charge in [-0.15, -0.1) is 0 Å². The van der Waals surface area contributed by atoms with E-state index in [1.54, 1.807) is 18.9 Å². The van der Waals surface area contributed by atoms with E-state index in [1.807, 2.05) is 31.2 Å². The van der Waals surface area contributed by atoms with E-state index in [0.717, 1.165) is 0 Å². The number of carbonyl (C=O) groups is 3. The molecule has 2 rings (SSSR count). The first kappa shape index (κ1) is 24.5. The number of para-hydroxylation sites is 2. The lowest BCUT2D eigenvalue weighted by molar-refractivity contribution is -0.151. The highest BCUT2D eigenvalue weighted by Crippen LogP contribution is 2.26. The van der Waals surface area contributed by atoms with Gasteiger partial charge in [0, 0.05) is 26.6 Å². The van der Waals surface area contributed by atoms with Crippen molar-refractivity contribution < 1.29 is 28.6 Å². The van der Waals surface area contributed by atoms with Gasteiger partial charge in [0.05, 0.1) is 32.3 Å². The molecule has 1 aromatic carbocycles. The minimum absolute atomic E-state index is 0.0386. The van der Waals surface area contributed by atoms with Gasteiger partial charge in [-0.25, -0.2) is 0 Å². The van der Waals surface area contributed by atoms with Gasteiger partial charge in [0.15, 0.2) is 11.5 Å². The quantitative estimate of drug-likeness (QED) is 0.393. The SMILES string of the molecule is CCOC(=O)C1CCN(C(=O)CN(C)C(=O)CCCOc2ccccc2OCC)CC1. The van der Waals surface area contributed by atoms with E-state index < -0.39 is 0 Å². The summed E-state index contributed by atoms with van der Waals surface area (Å²) in [5, 5.41) is 0. The second-order valence-electron chi connectivity index (χ2n) is 7.49. The Kier molecular flexibility index (Phi) is 10.1. The van der Waals surface area contributed by atoms with Gasteiger partial charge in [-0.1, -0.05) is 12.1 Å². The van der Waals surface area contributed by atoms with Crippen molar-refractivity contribution >= 4 is 17.8 Å². The number of likely N-dealkylation sites (N-methyl/N-ethyl adjacent to an activating group) is 1. The Balaban J connectivity index is 1.68. The highest BCUT2D eigenvalue weighted by molar-refractivity contribution is 5.85. The third kappa shape index (κ3) is 7.77. The standard InChI is InChI=1S/C23H34N2O6/c1-4-29-19-9-6-7-10-20(19)31-16-8-11-21(26)24(3)17-22(27)25-14-12-18(13-15-25)23(28)30-5-2/h6-7,9-10,18H,4-5,8,11-17H2,1-3H3. The maximum absolute atomic E-state index is 12.5. The number of hydrogen-bond donors (Lipinski definition) is 0. The number of hydrogen-bond acceptors (Lipinski definition) is 6. The molecule has 1 saturated heterocycles. The molecule has 0 aromatic heterocycles. The van der Waals surface area contributed by atoms with Crippen LogP contribution < -0.4 is 9.47 Å². The molecule has 172 valence electrons. The Morgan fingerprint density at radius 3 is 2.29 bits per heavy atom. The van der Waals surface area contributed by atoms with E-state index in [2.05, 4.69) is 0 Å². The average Bonchev–Trinajstić information content (AvgIpc) is 2.78. The minimum atomic E-state index is -0.187. The summed E-state index contributed by atoms with van der Waals surface area (Å²) in [7, 11) is 1.64. The van der Waals surface area contributed by atoms with Gasteiger partial charge < -0.3 is 24.0 Å². The maximum Gasteiger partial charge on any atom is 0.309 e. The first-order valence-corrected chi connectivity index (χ1v) is 11.0. The van der Waals surface area contributed by atoms with Crippen LogP contribution in [0.1, 0.15) is 39.5 Å². The van der Waals surface area contributed by atoms with Crippen molar-refractivity contribution in [2.75, 3.05) is 46.5 Å². The third-order valence-corrected chi connectivity index (χ3v) is 5.21. The van der Waals surface area contributed by atoms with E-state index >= 15 is 0 Å². The summed E-state index contributed by atoms with van der Waals surface area (Å²) in [6.07, 6.45) is 2.04. The first-order valence-electron chi connectivity index (χ1n) is 11.0. The smallest absolute Gasteiger partial charge is 0.309 e. The van der Waals surface area contributed by atoms with Crippen molar-refractivity contribution in [2.45, 2.75) is 39.5 Å². The predicted octanol–water partition coefficient (Wildman–Crippen LogP) is 2.50. The Morgan fingerprint density at radius 2 is 1.68 bits per heavy atom. The van der Waals surface area contributed by atoms with Crippen LogP contribution >= 0.6 is 0 Å². The topological polar surface area (TPSA) is 85.4 Å². The molecule has 0 spiro atoms. The molecule has 1 aliphatic heterocycles. The molecule has 1 fully saturated rings. The second kappa shape index (κ2) is 12.8. The summed E-state index contributed by atoms with van der Waals surface area (Å²) in [6, 6.07) is 7.44. The summed E-state index contributed by atoms with van der Waals surface area (Å²) in [5.41, 5.74) is 0. The van der Waals surface area contributed by atoms with E-state index in [0.29, 0.717) is 70.1 Å². The van der Waals surface area contributed by atoms with Crippen molar-refractivity contribution in [3.05, 3.63) is 24.3 Å². The lowest BCUT2D eigenvalue weighted by Crippen LogP contribution is -2.45. The summed E-state index contributed by atoms with van der Waals surface area (Å²) in [5.74, 6) is 0.818. The zero-order chi connectivity index (χ0) is 22.6. The highest BCUT2D eigenvalue weighted by atomic mass is 16.5. The van der Waals surface area contributed by atoms with E-state index in [4.69, 9.17) is 14.2 Å². The molecular formula is C23H34N2O6. The van der Waals surface area contributed by atoms with E-state index in [9.17, 15) is 14.4 Å². The van der Waals surface area contributed by atoms with E-state index in [-0.39, 0.29) is 30.2 Å². The second-order valence-corrected chi connectivity index (χ2v) is 7.49. The molecule has 0 saturated carbocycles. The molecule has 0 atom stereocenters. The van der Waals surface area contributed by atoms with Crippen LogP contribution in [-0.4, -0.2) is 74.1 Å². The third-order valence-electron chi connectivity index (χ3n) is 5.21. The molecule has 1 heterocycles.